The Bertz CT molecular complexity index is 3010. The first-order valence-electron chi connectivity index (χ1n) is 15.4. The number of hydrogen-bond donors (Lipinski definition) is 0. The lowest BCUT2D eigenvalue weighted by Gasteiger charge is -2.14. The summed E-state index contributed by atoms with van der Waals surface area (Å²) in [5, 5.41) is 14.2. The molecular weight excluding hydrogens is 550 g/mol. The molecule has 0 unspecified atom stereocenters. The van der Waals surface area contributed by atoms with Crippen molar-refractivity contribution >= 4 is 98.0 Å². The van der Waals surface area contributed by atoms with Crippen LogP contribution in [0, 0.1) is 0 Å². The average Bonchev–Trinajstić information content (AvgIpc) is 3.78. The van der Waals surface area contributed by atoms with Gasteiger partial charge in [-0.2, -0.15) is 0 Å². The van der Waals surface area contributed by atoms with Gasteiger partial charge in [0.1, 0.15) is 16.7 Å². The summed E-state index contributed by atoms with van der Waals surface area (Å²) in [5.74, 6) is 0. The highest BCUT2D eigenvalue weighted by Crippen LogP contribution is 2.49. The maximum Gasteiger partial charge on any atom is 0.163 e. The maximum absolute atomic E-state index is 6.80. The Morgan fingerprint density at radius 2 is 0.844 bits per heavy atom. The highest BCUT2D eigenvalue weighted by molar-refractivity contribution is 6.38. The van der Waals surface area contributed by atoms with E-state index < -0.39 is 0 Å². The first-order valence-corrected chi connectivity index (χ1v) is 15.4. The van der Waals surface area contributed by atoms with Crippen molar-refractivity contribution in [2.75, 3.05) is 0 Å². The van der Waals surface area contributed by atoms with Crippen LogP contribution in [-0.2, 0) is 0 Å². The Kier molecular flexibility index (Phi) is 4.32. The smallest absolute Gasteiger partial charge is 0.163 e. The van der Waals surface area contributed by atoms with E-state index in [0.29, 0.717) is 0 Å². The number of hydrogen-bond acceptors (Lipinski definition) is 2. The predicted molar refractivity (Wildman–Crippen MR) is 188 cm³/mol. The Labute approximate surface area is 256 Å². The molecular formula is C42H23NO2. The van der Waals surface area contributed by atoms with Gasteiger partial charge < -0.3 is 13.4 Å². The monoisotopic (exact) mass is 573 g/mol. The summed E-state index contributed by atoms with van der Waals surface area (Å²) in [6.07, 6.45) is 0. The minimum atomic E-state index is 0.845. The van der Waals surface area contributed by atoms with Gasteiger partial charge in [0, 0.05) is 32.6 Å². The SMILES string of the molecule is c1ccc2c(c1)oc1c2c2oc3ccccc3c2c2c3ccccc3n(-c3ccc4c5ccccc5c5ccccc5c4c3)c12. The Balaban J connectivity index is 1.40. The summed E-state index contributed by atoms with van der Waals surface area (Å²) in [4.78, 5) is 0. The zero-order valence-corrected chi connectivity index (χ0v) is 24.0. The van der Waals surface area contributed by atoms with Crippen molar-refractivity contribution in [1.29, 1.82) is 0 Å². The van der Waals surface area contributed by atoms with Gasteiger partial charge in [0.2, 0.25) is 0 Å². The minimum absolute atomic E-state index is 0.845. The number of furan rings is 2. The summed E-state index contributed by atoms with van der Waals surface area (Å²) < 4.78 is 15.9. The van der Waals surface area contributed by atoms with Gasteiger partial charge in [-0.1, -0.05) is 109 Å². The fourth-order valence-electron chi connectivity index (χ4n) is 7.92. The third kappa shape index (κ3) is 2.90. The second-order valence-electron chi connectivity index (χ2n) is 12.0. The quantitative estimate of drug-likeness (QED) is 0.183. The van der Waals surface area contributed by atoms with Crippen LogP contribution < -0.4 is 0 Å². The van der Waals surface area contributed by atoms with Crippen molar-refractivity contribution < 1.29 is 8.83 Å². The second-order valence-corrected chi connectivity index (χ2v) is 12.0. The van der Waals surface area contributed by atoms with Crippen LogP contribution >= 0.6 is 0 Å². The van der Waals surface area contributed by atoms with Crippen LogP contribution in [0.25, 0.3) is 104 Å². The molecule has 3 aromatic heterocycles. The third-order valence-electron chi connectivity index (χ3n) is 9.74. The van der Waals surface area contributed by atoms with Crippen molar-refractivity contribution in [1.82, 2.24) is 4.57 Å². The van der Waals surface area contributed by atoms with Crippen LogP contribution in [-0.4, -0.2) is 4.57 Å². The van der Waals surface area contributed by atoms with E-state index in [9.17, 15) is 0 Å². The van der Waals surface area contributed by atoms with Crippen molar-refractivity contribution in [2.24, 2.45) is 0 Å². The van der Waals surface area contributed by atoms with Gasteiger partial charge in [-0.25, -0.2) is 0 Å². The predicted octanol–water partition coefficient (Wildman–Crippen LogP) is 12.0. The third-order valence-corrected chi connectivity index (χ3v) is 9.74. The molecule has 11 rings (SSSR count). The number of rotatable bonds is 1. The summed E-state index contributed by atoms with van der Waals surface area (Å²) in [6, 6.07) is 49.8. The summed E-state index contributed by atoms with van der Waals surface area (Å²) in [6.45, 7) is 0. The van der Waals surface area contributed by atoms with E-state index in [1.54, 1.807) is 0 Å². The summed E-state index contributed by atoms with van der Waals surface area (Å²) in [7, 11) is 0. The average molecular weight is 574 g/mol. The molecule has 0 saturated carbocycles. The molecule has 208 valence electrons. The lowest BCUT2D eigenvalue weighted by atomic mass is 9.94. The minimum Gasteiger partial charge on any atom is -0.455 e. The van der Waals surface area contributed by atoms with Crippen molar-refractivity contribution in [3.05, 3.63) is 140 Å². The molecule has 0 aliphatic heterocycles. The zero-order valence-electron chi connectivity index (χ0n) is 24.0. The molecule has 11 aromatic rings. The van der Waals surface area contributed by atoms with Crippen molar-refractivity contribution in [3.63, 3.8) is 0 Å². The van der Waals surface area contributed by atoms with Crippen molar-refractivity contribution in [3.8, 4) is 5.69 Å². The van der Waals surface area contributed by atoms with Gasteiger partial charge in [-0.3, -0.25) is 0 Å². The molecule has 0 radical (unpaired) electrons. The van der Waals surface area contributed by atoms with Gasteiger partial charge >= 0.3 is 0 Å². The lowest BCUT2D eigenvalue weighted by Crippen LogP contribution is -1.95. The molecule has 3 heteroatoms. The van der Waals surface area contributed by atoms with Gasteiger partial charge in [0.05, 0.1) is 16.4 Å². The topological polar surface area (TPSA) is 31.2 Å². The fourth-order valence-corrected chi connectivity index (χ4v) is 7.92. The Morgan fingerprint density at radius 1 is 0.356 bits per heavy atom. The van der Waals surface area contributed by atoms with Crippen LogP contribution in [0.3, 0.4) is 0 Å². The number of aromatic nitrogens is 1. The summed E-state index contributed by atoms with van der Waals surface area (Å²) >= 11 is 0. The van der Waals surface area contributed by atoms with Crippen LogP contribution in [0.15, 0.2) is 148 Å². The van der Waals surface area contributed by atoms with E-state index in [-0.39, 0.29) is 0 Å². The molecule has 0 aliphatic rings. The van der Waals surface area contributed by atoms with Crippen LogP contribution in [0.1, 0.15) is 0 Å². The Hall–Kier alpha value is -6.06. The van der Waals surface area contributed by atoms with E-state index in [1.807, 2.05) is 12.1 Å². The second kappa shape index (κ2) is 8.31. The molecule has 45 heavy (non-hydrogen) atoms. The van der Waals surface area contributed by atoms with Crippen LogP contribution in [0.5, 0.6) is 0 Å². The molecule has 0 atom stereocenters. The molecule has 0 saturated heterocycles. The van der Waals surface area contributed by atoms with E-state index in [1.165, 1.54) is 37.7 Å². The molecule has 0 fully saturated rings. The van der Waals surface area contributed by atoms with Gasteiger partial charge in [0.25, 0.3) is 0 Å². The molecule has 8 aromatic carbocycles. The maximum atomic E-state index is 6.80. The normalized spacial score (nSPS) is 12.4. The molecule has 3 nitrogen and oxygen atoms in total. The number of benzene rings is 8. The van der Waals surface area contributed by atoms with Gasteiger partial charge in [-0.05, 0) is 62.6 Å². The van der Waals surface area contributed by atoms with E-state index in [2.05, 4.69) is 132 Å². The fraction of sp³-hybridized carbons (Fsp3) is 0. The first-order chi connectivity index (χ1) is 22.3. The summed E-state index contributed by atoms with van der Waals surface area (Å²) in [5.41, 5.74) is 6.76. The molecule has 0 N–H and O–H groups in total. The Morgan fingerprint density at radius 3 is 1.51 bits per heavy atom. The molecule has 0 spiro atoms. The largest absolute Gasteiger partial charge is 0.455 e. The molecule has 0 bridgehead atoms. The zero-order chi connectivity index (χ0) is 29.2. The van der Waals surface area contributed by atoms with Crippen LogP contribution in [0.2, 0.25) is 0 Å². The number of fused-ring (bicyclic) bond motifs is 18. The van der Waals surface area contributed by atoms with E-state index in [4.69, 9.17) is 8.83 Å². The molecule has 3 heterocycles. The highest BCUT2D eigenvalue weighted by atomic mass is 16.3. The molecule has 0 amide bonds. The standard InChI is InChI=1S/C42H23NO2/c1-2-13-27-25(11-1)26-12-3-4-14-28(26)33-23-24(21-22-29(27)33)43-34-18-8-5-15-30(34)37-38-31-16-6-9-19-35(31)44-41(38)39-32-17-7-10-20-36(32)45-42(39)40(37)43/h1-23H. The van der Waals surface area contributed by atoms with Gasteiger partial charge in [-0.15, -0.1) is 0 Å². The van der Waals surface area contributed by atoms with Crippen molar-refractivity contribution in [2.45, 2.75) is 0 Å². The van der Waals surface area contributed by atoms with Crippen LogP contribution in [0.4, 0.5) is 0 Å². The molecule has 0 aliphatic carbocycles. The lowest BCUT2D eigenvalue weighted by molar-refractivity contribution is 0.664. The van der Waals surface area contributed by atoms with E-state index in [0.717, 1.165) is 66.0 Å². The van der Waals surface area contributed by atoms with Gasteiger partial charge in [0.15, 0.2) is 5.58 Å². The first kappa shape index (κ1) is 23.4. The number of nitrogens with zero attached hydrogens (tertiary/aromatic N) is 1. The van der Waals surface area contributed by atoms with E-state index >= 15 is 0 Å². The number of para-hydroxylation sites is 3. The highest BCUT2D eigenvalue weighted by Gasteiger charge is 2.26.